The molecule has 0 atom stereocenters. The highest BCUT2D eigenvalue weighted by molar-refractivity contribution is 7.99. The maximum absolute atomic E-state index is 12.7. The van der Waals surface area contributed by atoms with Crippen LogP contribution in [0.4, 0.5) is 13.2 Å². The topological polar surface area (TPSA) is 70.7 Å². The van der Waals surface area contributed by atoms with Crippen molar-refractivity contribution in [3.8, 4) is 6.07 Å². The number of nitriles is 1. The van der Waals surface area contributed by atoms with Crippen molar-refractivity contribution in [1.29, 1.82) is 5.26 Å². The van der Waals surface area contributed by atoms with Crippen LogP contribution in [-0.4, -0.2) is 27.8 Å². The van der Waals surface area contributed by atoms with Crippen LogP contribution in [0.3, 0.4) is 0 Å². The van der Waals surface area contributed by atoms with Gasteiger partial charge in [0.15, 0.2) is 0 Å². The van der Waals surface area contributed by atoms with Gasteiger partial charge in [0, 0.05) is 35.9 Å². The number of halogens is 4. The van der Waals surface area contributed by atoms with Gasteiger partial charge in [-0.3, -0.25) is 4.79 Å². The Kier molecular flexibility index (Phi) is 7.02. The van der Waals surface area contributed by atoms with Crippen molar-refractivity contribution >= 4 is 35.3 Å². The zero-order chi connectivity index (χ0) is 22.8. The van der Waals surface area contributed by atoms with E-state index in [-0.39, 0.29) is 22.2 Å². The highest BCUT2D eigenvalue weighted by Gasteiger charge is 2.31. The van der Waals surface area contributed by atoms with Gasteiger partial charge >= 0.3 is 6.18 Å². The third-order valence-corrected chi connectivity index (χ3v) is 6.27. The number of alkyl halides is 3. The number of aryl methyl sites for hydroxylation is 1. The van der Waals surface area contributed by atoms with Gasteiger partial charge in [0.05, 0.1) is 10.6 Å². The van der Waals surface area contributed by atoms with Crippen molar-refractivity contribution in [3.05, 3.63) is 51.4 Å². The molecular weight excluding hydrogens is 449 g/mol. The van der Waals surface area contributed by atoms with Gasteiger partial charge in [0.2, 0.25) is 0 Å². The van der Waals surface area contributed by atoms with E-state index in [4.69, 9.17) is 11.6 Å². The Balaban J connectivity index is 1.57. The summed E-state index contributed by atoms with van der Waals surface area (Å²) in [5.74, 6) is -0.176. The predicted octanol–water partition coefficient (Wildman–Crippen LogP) is 5.32. The first kappa shape index (κ1) is 23.2. The number of hydrogen-bond acceptors (Lipinski definition) is 4. The van der Waals surface area contributed by atoms with Crippen molar-refractivity contribution < 1.29 is 18.0 Å². The van der Waals surface area contributed by atoms with Gasteiger partial charge in [-0.15, -0.1) is 11.8 Å². The minimum absolute atomic E-state index is 0.00765. The lowest BCUT2D eigenvalue weighted by atomic mass is 10.1. The summed E-state index contributed by atoms with van der Waals surface area (Å²) < 4.78 is 40.2. The molecule has 0 bridgehead atoms. The van der Waals surface area contributed by atoms with Gasteiger partial charge in [-0.25, -0.2) is 4.98 Å². The van der Waals surface area contributed by atoms with E-state index in [2.05, 4.69) is 14.9 Å². The molecule has 0 unspecified atom stereocenters. The fraction of sp³-hybridized carbons (Fsp3) is 0.381. The van der Waals surface area contributed by atoms with Crippen LogP contribution in [0, 0.1) is 25.2 Å². The summed E-state index contributed by atoms with van der Waals surface area (Å²) in [4.78, 5) is 16.1. The molecule has 5 nitrogen and oxygen atoms in total. The molecule has 1 N–H and O–H groups in total. The number of thioether (sulfide) groups is 1. The Morgan fingerprint density at radius 1 is 1.42 bits per heavy atom. The number of rotatable bonds is 7. The predicted molar refractivity (Wildman–Crippen MR) is 114 cm³/mol. The lowest BCUT2D eigenvalue weighted by molar-refractivity contribution is -0.137. The monoisotopic (exact) mass is 468 g/mol. The molecule has 0 aliphatic heterocycles. The van der Waals surface area contributed by atoms with Crippen LogP contribution >= 0.6 is 23.4 Å². The standard InChI is InChI=1S/C21H20ClF3N4OS/c1-12-7-14(13(2)29(12)17-3-4-17)8-15(10-26)19(30)27-5-6-31-20-18(22)9-16(11-28-20)21(23,24)25/h7-9,11,17H,3-6H2,1-2H3,(H,27,30)/b15-8+. The lowest BCUT2D eigenvalue weighted by Gasteiger charge is -2.09. The zero-order valence-corrected chi connectivity index (χ0v) is 18.5. The average Bonchev–Trinajstić information content (AvgIpc) is 3.49. The van der Waals surface area contributed by atoms with Crippen LogP contribution in [-0.2, 0) is 11.0 Å². The van der Waals surface area contributed by atoms with Crippen molar-refractivity contribution in [2.45, 2.75) is 43.9 Å². The molecule has 0 aromatic carbocycles. The number of pyridine rings is 1. The summed E-state index contributed by atoms with van der Waals surface area (Å²) >= 11 is 6.99. The quantitative estimate of drug-likeness (QED) is 0.258. The minimum atomic E-state index is -4.51. The second-order valence-corrected chi connectivity index (χ2v) is 8.70. The van der Waals surface area contributed by atoms with E-state index in [0.717, 1.165) is 53.8 Å². The average molecular weight is 469 g/mol. The number of hydrogen-bond donors (Lipinski definition) is 1. The molecule has 1 saturated carbocycles. The molecule has 0 radical (unpaired) electrons. The third-order valence-electron chi connectivity index (χ3n) is 4.86. The largest absolute Gasteiger partial charge is 0.417 e. The SMILES string of the molecule is Cc1cc(/C=C(\C#N)C(=O)NCCSc2ncc(C(F)(F)F)cc2Cl)c(C)n1C1CC1. The van der Waals surface area contributed by atoms with Crippen LogP contribution in [0.15, 0.2) is 28.9 Å². The fourth-order valence-corrected chi connectivity index (χ4v) is 4.29. The van der Waals surface area contributed by atoms with Gasteiger partial charge in [0.1, 0.15) is 16.7 Å². The first-order valence-corrected chi connectivity index (χ1v) is 10.9. The smallest absolute Gasteiger partial charge is 0.351 e. The Hall–Kier alpha value is -2.44. The molecule has 3 rings (SSSR count). The van der Waals surface area contributed by atoms with Crippen molar-refractivity contribution in [3.63, 3.8) is 0 Å². The normalized spacial score (nSPS) is 14.4. The molecule has 0 saturated heterocycles. The molecule has 1 amide bonds. The Morgan fingerprint density at radius 3 is 2.71 bits per heavy atom. The van der Waals surface area contributed by atoms with E-state index in [1.54, 1.807) is 6.08 Å². The highest BCUT2D eigenvalue weighted by Crippen LogP contribution is 2.38. The lowest BCUT2D eigenvalue weighted by Crippen LogP contribution is -2.26. The molecule has 1 aliphatic carbocycles. The number of carbonyl (C=O) groups is 1. The van der Waals surface area contributed by atoms with Gasteiger partial charge < -0.3 is 9.88 Å². The number of nitrogens with zero attached hydrogens (tertiary/aromatic N) is 3. The maximum atomic E-state index is 12.7. The summed E-state index contributed by atoms with van der Waals surface area (Å²) in [6, 6.07) is 5.22. The third kappa shape index (κ3) is 5.63. The molecule has 2 aromatic rings. The Bertz CT molecular complexity index is 1070. The van der Waals surface area contributed by atoms with Crippen LogP contribution < -0.4 is 5.32 Å². The summed E-state index contributed by atoms with van der Waals surface area (Å²) in [6.07, 6.45) is 0.0743. The van der Waals surface area contributed by atoms with Gasteiger partial charge in [-0.2, -0.15) is 18.4 Å². The number of amides is 1. The first-order chi connectivity index (χ1) is 14.6. The Labute approximate surface area is 187 Å². The Morgan fingerprint density at radius 2 is 2.13 bits per heavy atom. The van der Waals surface area contributed by atoms with Crippen molar-refractivity contribution in [2.24, 2.45) is 0 Å². The molecule has 1 fully saturated rings. The molecule has 164 valence electrons. The summed E-state index contributed by atoms with van der Waals surface area (Å²) in [6.45, 7) is 4.18. The number of aromatic nitrogens is 2. The van der Waals surface area contributed by atoms with Crippen LogP contribution in [0.25, 0.3) is 6.08 Å². The van der Waals surface area contributed by atoms with Gasteiger partial charge in [0.25, 0.3) is 5.91 Å². The summed E-state index contributed by atoms with van der Waals surface area (Å²) in [7, 11) is 0. The minimum Gasteiger partial charge on any atom is -0.351 e. The number of nitrogens with one attached hydrogen (secondary N) is 1. The van der Waals surface area contributed by atoms with E-state index < -0.39 is 17.6 Å². The van der Waals surface area contributed by atoms with E-state index in [1.165, 1.54) is 0 Å². The van der Waals surface area contributed by atoms with Crippen LogP contribution in [0.2, 0.25) is 5.02 Å². The van der Waals surface area contributed by atoms with Crippen molar-refractivity contribution in [2.75, 3.05) is 12.3 Å². The molecule has 2 heterocycles. The molecule has 31 heavy (non-hydrogen) atoms. The summed E-state index contributed by atoms with van der Waals surface area (Å²) in [5.41, 5.74) is 2.04. The second kappa shape index (κ2) is 9.37. The van der Waals surface area contributed by atoms with Gasteiger partial charge in [-0.05, 0) is 50.5 Å². The molecule has 1 aliphatic rings. The second-order valence-electron chi connectivity index (χ2n) is 7.21. The van der Waals surface area contributed by atoms with Crippen LogP contribution in [0.1, 0.15) is 41.4 Å². The highest BCUT2D eigenvalue weighted by atomic mass is 35.5. The van der Waals surface area contributed by atoms with Crippen molar-refractivity contribution in [1.82, 2.24) is 14.9 Å². The van der Waals surface area contributed by atoms with Crippen LogP contribution in [0.5, 0.6) is 0 Å². The molecular formula is C21H20ClF3N4OS. The summed E-state index contributed by atoms with van der Waals surface area (Å²) in [5, 5.41) is 12.2. The molecule has 10 heteroatoms. The van der Waals surface area contributed by atoms with E-state index in [9.17, 15) is 23.2 Å². The maximum Gasteiger partial charge on any atom is 0.417 e. The first-order valence-electron chi connectivity index (χ1n) is 9.55. The van der Waals surface area contributed by atoms with E-state index in [0.29, 0.717) is 11.8 Å². The fourth-order valence-electron chi connectivity index (χ4n) is 3.24. The van der Waals surface area contributed by atoms with Gasteiger partial charge in [-0.1, -0.05) is 11.6 Å². The number of carbonyl (C=O) groups excluding carboxylic acids is 1. The molecule has 0 spiro atoms. The molecule has 2 aromatic heterocycles. The van der Waals surface area contributed by atoms with E-state index in [1.807, 2.05) is 26.0 Å². The zero-order valence-electron chi connectivity index (χ0n) is 16.9. The van der Waals surface area contributed by atoms with E-state index >= 15 is 0 Å².